The summed E-state index contributed by atoms with van der Waals surface area (Å²) in [6, 6.07) is 2.78. The van der Waals surface area contributed by atoms with Crippen molar-refractivity contribution in [2.75, 3.05) is 6.54 Å². The first-order valence-electron chi connectivity index (χ1n) is 6.47. The van der Waals surface area contributed by atoms with Gasteiger partial charge >= 0.3 is 0 Å². The van der Waals surface area contributed by atoms with E-state index in [0.717, 1.165) is 0 Å². The molecule has 4 nitrogen and oxygen atoms in total. The molecule has 1 aromatic rings. The van der Waals surface area contributed by atoms with Gasteiger partial charge in [-0.25, -0.2) is 4.39 Å². The minimum Gasteiger partial charge on any atom is -0.475 e. The maximum atomic E-state index is 14.2. The van der Waals surface area contributed by atoms with Crippen LogP contribution in [0.5, 0.6) is 5.75 Å². The van der Waals surface area contributed by atoms with Crippen LogP contribution in [0.15, 0.2) is 12.1 Å². The molecule has 6 heteroatoms. The Labute approximate surface area is 121 Å². The second-order valence-electron chi connectivity index (χ2n) is 4.95. The monoisotopic (exact) mass is 301 g/mol. The molecule has 1 heterocycles. The van der Waals surface area contributed by atoms with E-state index in [4.69, 9.17) is 16.3 Å². The molecule has 0 saturated carbocycles. The molecule has 20 heavy (non-hydrogen) atoms. The Morgan fingerprint density at radius 1 is 1.50 bits per heavy atom. The average Bonchev–Trinajstić information content (AvgIpc) is 2.74. The SMILES string of the molecule is CC(Cl)Oc1cc(F)c(C2CNC(=O)C2)cc1C(C)O. The molecule has 0 radical (unpaired) electrons. The van der Waals surface area contributed by atoms with Gasteiger partial charge in [0.1, 0.15) is 11.6 Å². The van der Waals surface area contributed by atoms with Gasteiger partial charge in [-0.15, -0.1) is 0 Å². The minimum atomic E-state index is -0.815. The van der Waals surface area contributed by atoms with Crippen LogP contribution in [0, 0.1) is 5.82 Å². The van der Waals surface area contributed by atoms with Crippen LogP contribution in [0.25, 0.3) is 0 Å². The number of hydrogen-bond acceptors (Lipinski definition) is 3. The number of amides is 1. The van der Waals surface area contributed by atoms with E-state index in [1.54, 1.807) is 19.9 Å². The molecule has 1 saturated heterocycles. The molecule has 3 unspecified atom stereocenters. The normalized spacial score (nSPS) is 21.4. The van der Waals surface area contributed by atoms with E-state index < -0.39 is 17.5 Å². The van der Waals surface area contributed by atoms with Crippen LogP contribution >= 0.6 is 11.6 Å². The Hall–Kier alpha value is -1.33. The Balaban J connectivity index is 2.39. The number of halogens is 2. The lowest BCUT2D eigenvalue weighted by Gasteiger charge is -2.18. The van der Waals surface area contributed by atoms with Crippen molar-refractivity contribution in [3.8, 4) is 5.75 Å². The van der Waals surface area contributed by atoms with E-state index in [2.05, 4.69) is 5.32 Å². The number of hydrogen-bond donors (Lipinski definition) is 2. The Bertz CT molecular complexity index is 519. The molecular weight excluding hydrogens is 285 g/mol. The van der Waals surface area contributed by atoms with Crippen molar-refractivity contribution >= 4 is 17.5 Å². The first-order chi connectivity index (χ1) is 9.38. The van der Waals surface area contributed by atoms with E-state index in [1.807, 2.05) is 0 Å². The molecule has 2 rings (SSSR count). The van der Waals surface area contributed by atoms with Crippen molar-refractivity contribution < 1.29 is 19.0 Å². The highest BCUT2D eigenvalue weighted by Gasteiger charge is 2.27. The van der Waals surface area contributed by atoms with Gasteiger partial charge in [-0.05, 0) is 25.5 Å². The van der Waals surface area contributed by atoms with Crippen molar-refractivity contribution in [2.45, 2.75) is 37.9 Å². The Kier molecular flexibility index (Phi) is 4.50. The van der Waals surface area contributed by atoms with Gasteiger partial charge in [0.05, 0.1) is 6.10 Å². The third-order valence-electron chi connectivity index (χ3n) is 3.29. The van der Waals surface area contributed by atoms with E-state index >= 15 is 0 Å². The largest absolute Gasteiger partial charge is 0.475 e. The summed E-state index contributed by atoms with van der Waals surface area (Å²) < 4.78 is 19.5. The minimum absolute atomic E-state index is 0.0947. The van der Waals surface area contributed by atoms with Gasteiger partial charge < -0.3 is 15.2 Å². The highest BCUT2D eigenvalue weighted by atomic mass is 35.5. The second kappa shape index (κ2) is 5.97. The predicted molar refractivity (Wildman–Crippen MR) is 73.3 cm³/mol. The standard InChI is InChI=1S/C14H17ClFNO3/c1-7(18)10-4-11(9-3-14(19)17-6-9)12(16)5-13(10)20-8(2)15/h4-5,7-9,18H,3,6H2,1-2H3,(H,17,19). The average molecular weight is 302 g/mol. The van der Waals surface area contributed by atoms with E-state index in [-0.39, 0.29) is 24.0 Å². The highest BCUT2D eigenvalue weighted by molar-refractivity contribution is 6.19. The summed E-state index contributed by atoms with van der Waals surface area (Å²) in [5, 5.41) is 12.5. The smallest absolute Gasteiger partial charge is 0.220 e. The second-order valence-corrected chi connectivity index (χ2v) is 5.57. The maximum Gasteiger partial charge on any atom is 0.220 e. The molecule has 1 aliphatic rings. The van der Waals surface area contributed by atoms with Crippen molar-refractivity contribution in [2.24, 2.45) is 0 Å². The molecule has 3 atom stereocenters. The predicted octanol–water partition coefficient (Wildman–Crippen LogP) is 2.45. The van der Waals surface area contributed by atoms with Crippen molar-refractivity contribution in [1.82, 2.24) is 5.32 Å². The summed E-state index contributed by atoms with van der Waals surface area (Å²) in [5.41, 5.74) is 0.245. The molecule has 2 N–H and O–H groups in total. The lowest BCUT2D eigenvalue weighted by Crippen LogP contribution is -2.14. The van der Waals surface area contributed by atoms with Gasteiger partial charge in [0.15, 0.2) is 5.56 Å². The van der Waals surface area contributed by atoms with Crippen LogP contribution in [0.1, 0.15) is 43.4 Å². The molecular formula is C14H17ClFNO3. The van der Waals surface area contributed by atoms with E-state index in [9.17, 15) is 14.3 Å². The van der Waals surface area contributed by atoms with E-state index in [1.165, 1.54) is 6.07 Å². The van der Waals surface area contributed by atoms with Gasteiger partial charge in [-0.2, -0.15) is 0 Å². The molecule has 0 aromatic heterocycles. The zero-order valence-electron chi connectivity index (χ0n) is 11.3. The number of aliphatic hydroxyl groups excluding tert-OH is 1. The third-order valence-corrected chi connectivity index (χ3v) is 3.37. The number of ether oxygens (including phenoxy) is 1. The fraction of sp³-hybridized carbons (Fsp3) is 0.500. The van der Waals surface area contributed by atoms with Crippen LogP contribution in [-0.4, -0.2) is 23.1 Å². The number of aliphatic hydroxyl groups is 1. The van der Waals surface area contributed by atoms with Crippen LogP contribution in [-0.2, 0) is 4.79 Å². The highest BCUT2D eigenvalue weighted by Crippen LogP contribution is 2.34. The molecule has 1 fully saturated rings. The van der Waals surface area contributed by atoms with Crippen LogP contribution in [0.3, 0.4) is 0 Å². The van der Waals surface area contributed by atoms with Crippen LogP contribution in [0.4, 0.5) is 4.39 Å². The zero-order valence-corrected chi connectivity index (χ0v) is 12.1. The maximum absolute atomic E-state index is 14.2. The first-order valence-corrected chi connectivity index (χ1v) is 6.91. The Morgan fingerprint density at radius 2 is 2.20 bits per heavy atom. The molecule has 0 aliphatic carbocycles. The number of nitrogens with one attached hydrogen (secondary N) is 1. The quantitative estimate of drug-likeness (QED) is 0.840. The summed E-state index contributed by atoms with van der Waals surface area (Å²) in [6.07, 6.45) is -0.563. The zero-order chi connectivity index (χ0) is 14.9. The lowest BCUT2D eigenvalue weighted by atomic mass is 9.94. The molecule has 0 spiro atoms. The van der Waals surface area contributed by atoms with E-state index in [0.29, 0.717) is 17.7 Å². The summed E-state index contributed by atoms with van der Waals surface area (Å²) in [5.74, 6) is -0.547. The van der Waals surface area contributed by atoms with Crippen molar-refractivity contribution in [1.29, 1.82) is 0 Å². The molecule has 110 valence electrons. The molecule has 1 aromatic carbocycles. The van der Waals surface area contributed by atoms with Crippen molar-refractivity contribution in [3.63, 3.8) is 0 Å². The number of alkyl halides is 1. The molecule has 0 bridgehead atoms. The fourth-order valence-corrected chi connectivity index (χ4v) is 2.43. The van der Waals surface area contributed by atoms with Gasteiger partial charge in [0, 0.05) is 30.5 Å². The van der Waals surface area contributed by atoms with Crippen molar-refractivity contribution in [3.05, 3.63) is 29.1 Å². The lowest BCUT2D eigenvalue weighted by molar-refractivity contribution is -0.119. The van der Waals surface area contributed by atoms with Gasteiger partial charge in [0.2, 0.25) is 5.91 Å². The number of carbonyl (C=O) groups excluding carboxylic acids is 1. The van der Waals surface area contributed by atoms with Gasteiger partial charge in [-0.1, -0.05) is 11.6 Å². The number of carbonyl (C=O) groups is 1. The third kappa shape index (κ3) is 3.22. The fourth-order valence-electron chi connectivity index (χ4n) is 2.33. The number of rotatable bonds is 4. The van der Waals surface area contributed by atoms with Crippen LogP contribution in [0.2, 0.25) is 0 Å². The Morgan fingerprint density at radius 3 is 2.70 bits per heavy atom. The summed E-state index contributed by atoms with van der Waals surface area (Å²) in [7, 11) is 0. The van der Waals surface area contributed by atoms with Gasteiger partial charge in [-0.3, -0.25) is 4.79 Å². The van der Waals surface area contributed by atoms with Gasteiger partial charge in [0.25, 0.3) is 0 Å². The molecule has 1 amide bonds. The summed E-state index contributed by atoms with van der Waals surface area (Å²) in [4.78, 5) is 11.2. The van der Waals surface area contributed by atoms with Crippen LogP contribution < -0.4 is 10.1 Å². The number of benzene rings is 1. The summed E-state index contributed by atoms with van der Waals surface area (Å²) >= 11 is 5.75. The molecule has 1 aliphatic heterocycles. The summed E-state index contributed by atoms with van der Waals surface area (Å²) in [6.45, 7) is 3.58. The topological polar surface area (TPSA) is 58.6 Å². The first kappa shape index (κ1) is 15.1.